The van der Waals surface area contributed by atoms with Crippen molar-refractivity contribution < 1.29 is 18.3 Å². The summed E-state index contributed by atoms with van der Waals surface area (Å²) in [4.78, 5) is 15.9. The van der Waals surface area contributed by atoms with Crippen LogP contribution in [0.5, 0.6) is 5.75 Å². The van der Waals surface area contributed by atoms with Gasteiger partial charge >= 0.3 is 0 Å². The molecule has 1 heterocycles. The summed E-state index contributed by atoms with van der Waals surface area (Å²) in [6.07, 6.45) is 0. The van der Waals surface area contributed by atoms with Gasteiger partial charge in [-0.15, -0.1) is 0 Å². The van der Waals surface area contributed by atoms with Gasteiger partial charge in [0.25, 0.3) is 0 Å². The average molecular weight is 346 g/mol. The lowest BCUT2D eigenvalue weighted by molar-refractivity contribution is -0.136. The van der Waals surface area contributed by atoms with Crippen molar-refractivity contribution in [2.75, 3.05) is 26.7 Å². The Hall–Kier alpha value is -2.47. The number of hydrogen-bond donors (Lipinski definition) is 0. The van der Waals surface area contributed by atoms with Gasteiger partial charge in [-0.25, -0.2) is 8.78 Å². The number of amides is 1. The van der Waals surface area contributed by atoms with E-state index in [-0.39, 0.29) is 24.6 Å². The number of halogens is 2. The Balaban J connectivity index is 1.61. The van der Waals surface area contributed by atoms with E-state index in [4.69, 9.17) is 4.74 Å². The third-order valence-corrected chi connectivity index (χ3v) is 4.35. The highest BCUT2D eigenvalue weighted by Crippen LogP contribution is 2.18. The van der Waals surface area contributed by atoms with E-state index in [1.807, 2.05) is 24.3 Å². The van der Waals surface area contributed by atoms with Crippen LogP contribution in [-0.2, 0) is 17.9 Å². The van der Waals surface area contributed by atoms with Gasteiger partial charge < -0.3 is 9.64 Å². The second-order valence-corrected chi connectivity index (χ2v) is 6.08. The summed E-state index contributed by atoms with van der Waals surface area (Å²) in [7, 11) is 1.60. The molecule has 132 valence electrons. The number of nitrogens with zero attached hydrogens (tertiary/aromatic N) is 2. The average Bonchev–Trinajstić information content (AvgIpc) is 2.61. The number of methoxy groups -OCH3 is 1. The minimum Gasteiger partial charge on any atom is -0.497 e. The summed E-state index contributed by atoms with van der Waals surface area (Å²) < 4.78 is 32.7. The topological polar surface area (TPSA) is 32.8 Å². The standard InChI is InChI=1S/C19H20F2N2O2/c1-25-15-5-2-4-14(10-15)11-23-9-8-22(13-19(23)24)12-16-17(20)6-3-7-18(16)21/h2-7,10H,8-9,11-13H2,1H3. The Bertz CT molecular complexity index is 747. The summed E-state index contributed by atoms with van der Waals surface area (Å²) in [5.41, 5.74) is 0.998. The molecule has 1 aliphatic heterocycles. The molecule has 3 rings (SSSR count). The molecule has 0 aromatic heterocycles. The van der Waals surface area contributed by atoms with Gasteiger partial charge in [0.15, 0.2) is 0 Å². The predicted molar refractivity (Wildman–Crippen MR) is 90.0 cm³/mol. The van der Waals surface area contributed by atoms with Gasteiger partial charge in [0.1, 0.15) is 17.4 Å². The first-order valence-electron chi connectivity index (χ1n) is 8.13. The maximum atomic E-state index is 13.8. The molecule has 0 radical (unpaired) electrons. The Morgan fingerprint density at radius 3 is 2.44 bits per heavy atom. The smallest absolute Gasteiger partial charge is 0.237 e. The summed E-state index contributed by atoms with van der Waals surface area (Å²) in [5.74, 6) is -0.457. The maximum Gasteiger partial charge on any atom is 0.237 e. The molecule has 2 aromatic carbocycles. The zero-order valence-electron chi connectivity index (χ0n) is 14.0. The van der Waals surface area contributed by atoms with Crippen molar-refractivity contribution in [2.24, 2.45) is 0 Å². The molecular weight excluding hydrogens is 326 g/mol. The number of benzene rings is 2. The van der Waals surface area contributed by atoms with Gasteiger partial charge in [0.2, 0.25) is 5.91 Å². The largest absolute Gasteiger partial charge is 0.497 e. The molecule has 0 bridgehead atoms. The quantitative estimate of drug-likeness (QED) is 0.835. The number of hydrogen-bond acceptors (Lipinski definition) is 3. The fourth-order valence-corrected chi connectivity index (χ4v) is 2.96. The molecule has 1 amide bonds. The lowest BCUT2D eigenvalue weighted by atomic mass is 10.1. The summed E-state index contributed by atoms with van der Waals surface area (Å²) in [6, 6.07) is 11.4. The summed E-state index contributed by atoms with van der Waals surface area (Å²) in [5, 5.41) is 0. The third-order valence-electron chi connectivity index (χ3n) is 4.35. The van der Waals surface area contributed by atoms with Crippen molar-refractivity contribution in [1.82, 2.24) is 9.80 Å². The molecule has 0 atom stereocenters. The molecule has 0 saturated carbocycles. The number of carbonyl (C=O) groups is 1. The Labute approximate surface area is 145 Å². The van der Waals surface area contributed by atoms with Gasteiger partial charge in [-0.2, -0.15) is 0 Å². The van der Waals surface area contributed by atoms with Crippen LogP contribution in [0.4, 0.5) is 8.78 Å². The lowest BCUT2D eigenvalue weighted by Crippen LogP contribution is -2.49. The van der Waals surface area contributed by atoms with Crippen molar-refractivity contribution in [3.05, 3.63) is 65.2 Å². The molecule has 25 heavy (non-hydrogen) atoms. The molecule has 0 N–H and O–H groups in total. The number of rotatable bonds is 5. The minimum atomic E-state index is -0.578. The van der Waals surface area contributed by atoms with Crippen LogP contribution in [0.1, 0.15) is 11.1 Å². The van der Waals surface area contributed by atoms with Crippen LogP contribution in [0.25, 0.3) is 0 Å². The predicted octanol–water partition coefficient (Wildman–Crippen LogP) is 2.82. The monoisotopic (exact) mass is 346 g/mol. The SMILES string of the molecule is COc1cccc(CN2CCN(Cc3c(F)cccc3F)CC2=O)c1. The zero-order chi connectivity index (χ0) is 17.8. The molecule has 0 unspecified atom stereocenters. The zero-order valence-corrected chi connectivity index (χ0v) is 14.0. The van der Waals surface area contributed by atoms with Crippen LogP contribution in [0.15, 0.2) is 42.5 Å². The van der Waals surface area contributed by atoms with Gasteiger partial charge in [-0.3, -0.25) is 9.69 Å². The molecule has 4 nitrogen and oxygen atoms in total. The van der Waals surface area contributed by atoms with E-state index in [9.17, 15) is 13.6 Å². The highest BCUT2D eigenvalue weighted by Gasteiger charge is 2.25. The van der Waals surface area contributed by atoms with Gasteiger partial charge in [-0.05, 0) is 29.8 Å². The van der Waals surface area contributed by atoms with Crippen molar-refractivity contribution in [1.29, 1.82) is 0 Å². The summed E-state index contributed by atoms with van der Waals surface area (Å²) in [6.45, 7) is 1.84. The molecule has 0 spiro atoms. The van der Waals surface area contributed by atoms with Crippen molar-refractivity contribution in [2.45, 2.75) is 13.1 Å². The minimum absolute atomic E-state index is 0.0107. The molecular formula is C19H20F2N2O2. The number of ether oxygens (including phenoxy) is 1. The molecule has 2 aromatic rings. The first-order valence-corrected chi connectivity index (χ1v) is 8.13. The highest BCUT2D eigenvalue weighted by atomic mass is 19.1. The van der Waals surface area contributed by atoms with Crippen LogP contribution in [-0.4, -0.2) is 42.5 Å². The van der Waals surface area contributed by atoms with Crippen molar-refractivity contribution in [3.63, 3.8) is 0 Å². The van der Waals surface area contributed by atoms with E-state index < -0.39 is 11.6 Å². The fraction of sp³-hybridized carbons (Fsp3) is 0.316. The molecule has 0 aliphatic carbocycles. The van der Waals surface area contributed by atoms with E-state index in [2.05, 4.69) is 0 Å². The molecule has 1 saturated heterocycles. The van der Waals surface area contributed by atoms with Crippen LogP contribution < -0.4 is 4.74 Å². The fourth-order valence-electron chi connectivity index (χ4n) is 2.96. The lowest BCUT2D eigenvalue weighted by Gasteiger charge is -2.34. The van der Waals surface area contributed by atoms with Crippen LogP contribution >= 0.6 is 0 Å². The van der Waals surface area contributed by atoms with Gasteiger partial charge in [-0.1, -0.05) is 18.2 Å². The van der Waals surface area contributed by atoms with E-state index in [0.717, 1.165) is 11.3 Å². The Morgan fingerprint density at radius 1 is 1.04 bits per heavy atom. The Kier molecular flexibility index (Phi) is 5.28. The third kappa shape index (κ3) is 4.14. The normalized spacial score (nSPS) is 15.5. The van der Waals surface area contributed by atoms with Crippen molar-refractivity contribution >= 4 is 5.91 Å². The Morgan fingerprint density at radius 2 is 1.76 bits per heavy atom. The molecule has 6 heteroatoms. The van der Waals surface area contributed by atoms with E-state index in [0.29, 0.717) is 19.6 Å². The van der Waals surface area contributed by atoms with E-state index in [1.165, 1.54) is 18.2 Å². The first-order chi connectivity index (χ1) is 12.1. The highest BCUT2D eigenvalue weighted by molar-refractivity contribution is 5.79. The first kappa shape index (κ1) is 17.4. The summed E-state index contributed by atoms with van der Waals surface area (Å²) >= 11 is 0. The van der Waals surface area contributed by atoms with Crippen LogP contribution in [0, 0.1) is 11.6 Å². The molecule has 1 aliphatic rings. The maximum absolute atomic E-state index is 13.8. The molecule has 1 fully saturated rings. The van der Waals surface area contributed by atoms with Crippen molar-refractivity contribution in [3.8, 4) is 5.75 Å². The van der Waals surface area contributed by atoms with E-state index >= 15 is 0 Å². The number of piperazine rings is 1. The van der Waals surface area contributed by atoms with Gasteiger partial charge in [0.05, 0.1) is 13.7 Å². The number of carbonyl (C=O) groups excluding carboxylic acids is 1. The second kappa shape index (κ2) is 7.61. The second-order valence-electron chi connectivity index (χ2n) is 6.08. The van der Waals surface area contributed by atoms with Crippen LogP contribution in [0.2, 0.25) is 0 Å². The van der Waals surface area contributed by atoms with Gasteiger partial charge in [0, 0.05) is 31.7 Å². The van der Waals surface area contributed by atoms with Crippen LogP contribution in [0.3, 0.4) is 0 Å². The van der Waals surface area contributed by atoms with E-state index in [1.54, 1.807) is 16.9 Å².